The van der Waals surface area contributed by atoms with Gasteiger partial charge in [0.2, 0.25) is 5.91 Å². The van der Waals surface area contributed by atoms with Crippen LogP contribution in [-0.2, 0) is 4.79 Å². The highest BCUT2D eigenvalue weighted by atomic mass is 16.3. The van der Waals surface area contributed by atoms with E-state index in [2.05, 4.69) is 10.6 Å². The van der Waals surface area contributed by atoms with Gasteiger partial charge in [0.1, 0.15) is 0 Å². The number of hydrogen-bond acceptors (Lipinski definition) is 4. The Morgan fingerprint density at radius 1 is 0.828 bits per heavy atom. The normalized spacial score (nSPS) is 10.4. The van der Waals surface area contributed by atoms with Crippen molar-refractivity contribution in [3.63, 3.8) is 0 Å². The Morgan fingerprint density at radius 3 is 2.14 bits per heavy atom. The van der Waals surface area contributed by atoms with Crippen molar-refractivity contribution >= 4 is 29.0 Å². The third kappa shape index (κ3) is 5.42. The Morgan fingerprint density at radius 2 is 1.52 bits per heavy atom. The van der Waals surface area contributed by atoms with E-state index in [1.165, 1.54) is 6.26 Å². The lowest BCUT2D eigenvalue weighted by Gasteiger charge is -2.08. The second-order valence-electron chi connectivity index (χ2n) is 6.78. The highest BCUT2D eigenvalue weighted by molar-refractivity contribution is 6.02. The molecule has 0 atom stereocenters. The van der Waals surface area contributed by atoms with E-state index in [0.29, 0.717) is 16.9 Å². The van der Waals surface area contributed by atoms with Gasteiger partial charge in [-0.2, -0.15) is 0 Å². The number of nitrogens with one attached hydrogen (secondary N) is 2. The van der Waals surface area contributed by atoms with Crippen LogP contribution in [0.5, 0.6) is 0 Å². The number of aryl methyl sites for hydroxylation is 2. The summed E-state index contributed by atoms with van der Waals surface area (Å²) in [7, 11) is 0. The van der Waals surface area contributed by atoms with Crippen LogP contribution in [0.4, 0.5) is 11.4 Å². The number of rotatable bonds is 7. The molecule has 0 spiro atoms. The van der Waals surface area contributed by atoms with E-state index >= 15 is 0 Å². The molecule has 0 bridgehead atoms. The maximum absolute atomic E-state index is 12.3. The molecular formula is C23H22N2O4. The minimum Gasteiger partial charge on any atom is -0.459 e. The maximum atomic E-state index is 12.3. The van der Waals surface area contributed by atoms with Crippen LogP contribution in [0.2, 0.25) is 0 Å². The van der Waals surface area contributed by atoms with Crippen molar-refractivity contribution in [1.82, 2.24) is 0 Å². The molecule has 2 aromatic carbocycles. The predicted molar refractivity (Wildman–Crippen MR) is 111 cm³/mol. The molecule has 0 unspecified atom stereocenters. The fraction of sp³-hybridized carbons (Fsp3) is 0.174. The average molecular weight is 390 g/mol. The summed E-state index contributed by atoms with van der Waals surface area (Å²) in [6.45, 7) is 3.95. The summed E-state index contributed by atoms with van der Waals surface area (Å²) >= 11 is 0. The third-order valence-corrected chi connectivity index (χ3v) is 4.58. The van der Waals surface area contributed by atoms with E-state index in [-0.39, 0.29) is 36.2 Å². The number of hydrogen-bond donors (Lipinski definition) is 2. The molecule has 29 heavy (non-hydrogen) atoms. The van der Waals surface area contributed by atoms with Gasteiger partial charge in [-0.25, -0.2) is 0 Å². The molecule has 1 heterocycles. The number of furan rings is 1. The number of Topliss-reactive ketones (excluding diaryl/α,β-unsaturated/α-hetero) is 1. The van der Waals surface area contributed by atoms with E-state index in [0.717, 1.165) is 11.1 Å². The first-order chi connectivity index (χ1) is 13.9. The molecule has 6 heteroatoms. The standard InChI is InChI=1S/C23H22N2O4/c1-15-5-6-17(14-16(15)2)20(26)11-12-22(27)24-18-7-9-19(10-8-18)25-23(28)21-4-3-13-29-21/h3-10,13-14H,11-12H2,1-2H3,(H,24,27)(H,25,28). The van der Waals surface area contributed by atoms with E-state index in [1.807, 2.05) is 26.0 Å². The Balaban J connectivity index is 1.49. The molecular weight excluding hydrogens is 368 g/mol. The van der Waals surface area contributed by atoms with Crippen molar-refractivity contribution in [2.24, 2.45) is 0 Å². The van der Waals surface area contributed by atoms with E-state index in [9.17, 15) is 14.4 Å². The summed E-state index contributed by atoms with van der Waals surface area (Å²) in [6, 6.07) is 15.5. The molecule has 2 N–H and O–H groups in total. The lowest BCUT2D eigenvalue weighted by molar-refractivity contribution is -0.116. The summed E-state index contributed by atoms with van der Waals surface area (Å²) < 4.78 is 5.04. The molecule has 3 aromatic rings. The van der Waals surface area contributed by atoms with Gasteiger partial charge in [-0.15, -0.1) is 0 Å². The summed E-state index contributed by atoms with van der Waals surface area (Å²) in [5.74, 6) is -0.429. The molecule has 0 aliphatic heterocycles. The van der Waals surface area contributed by atoms with Crippen molar-refractivity contribution < 1.29 is 18.8 Å². The topological polar surface area (TPSA) is 88.4 Å². The highest BCUT2D eigenvalue weighted by Crippen LogP contribution is 2.16. The Labute approximate surface area is 168 Å². The molecule has 0 radical (unpaired) electrons. The predicted octanol–water partition coefficient (Wildman–Crippen LogP) is 4.75. The zero-order valence-electron chi connectivity index (χ0n) is 16.3. The summed E-state index contributed by atoms with van der Waals surface area (Å²) in [6.07, 6.45) is 1.67. The van der Waals surface area contributed by atoms with Gasteiger partial charge in [-0.05, 0) is 67.4 Å². The number of carbonyl (C=O) groups is 3. The zero-order valence-corrected chi connectivity index (χ0v) is 16.3. The second kappa shape index (κ2) is 9.01. The van der Waals surface area contributed by atoms with Crippen molar-refractivity contribution in [2.45, 2.75) is 26.7 Å². The highest BCUT2D eigenvalue weighted by Gasteiger charge is 2.11. The summed E-state index contributed by atoms with van der Waals surface area (Å²) in [5, 5.41) is 5.46. The van der Waals surface area contributed by atoms with E-state index < -0.39 is 0 Å². The van der Waals surface area contributed by atoms with Gasteiger partial charge in [0.25, 0.3) is 5.91 Å². The molecule has 3 rings (SSSR count). The SMILES string of the molecule is Cc1ccc(C(=O)CCC(=O)Nc2ccc(NC(=O)c3ccco3)cc2)cc1C. The number of ketones is 1. The van der Waals surface area contributed by atoms with Crippen LogP contribution in [0.1, 0.15) is 44.9 Å². The van der Waals surface area contributed by atoms with Crippen LogP contribution < -0.4 is 10.6 Å². The fourth-order valence-corrected chi connectivity index (χ4v) is 2.75. The smallest absolute Gasteiger partial charge is 0.291 e. The van der Waals surface area contributed by atoms with E-state index in [1.54, 1.807) is 42.5 Å². The molecule has 0 saturated carbocycles. The van der Waals surface area contributed by atoms with Crippen molar-refractivity contribution in [3.05, 3.63) is 83.3 Å². The van der Waals surface area contributed by atoms with Gasteiger partial charge in [-0.1, -0.05) is 12.1 Å². The summed E-state index contributed by atoms with van der Waals surface area (Å²) in [4.78, 5) is 36.4. The van der Waals surface area contributed by atoms with Gasteiger partial charge in [0.15, 0.2) is 11.5 Å². The average Bonchev–Trinajstić information content (AvgIpc) is 3.25. The first-order valence-corrected chi connectivity index (χ1v) is 9.27. The van der Waals surface area contributed by atoms with Crippen LogP contribution in [0, 0.1) is 13.8 Å². The zero-order chi connectivity index (χ0) is 20.8. The van der Waals surface area contributed by atoms with Crippen molar-refractivity contribution in [2.75, 3.05) is 10.6 Å². The lowest BCUT2D eigenvalue weighted by Crippen LogP contribution is -2.14. The third-order valence-electron chi connectivity index (χ3n) is 4.58. The Kier molecular flexibility index (Phi) is 6.24. The molecule has 1 aromatic heterocycles. The fourth-order valence-electron chi connectivity index (χ4n) is 2.75. The maximum Gasteiger partial charge on any atom is 0.291 e. The summed E-state index contributed by atoms with van der Waals surface area (Å²) in [5.41, 5.74) is 3.97. The monoisotopic (exact) mass is 390 g/mol. The number of amides is 2. The van der Waals surface area contributed by atoms with Crippen LogP contribution >= 0.6 is 0 Å². The largest absolute Gasteiger partial charge is 0.459 e. The quantitative estimate of drug-likeness (QED) is 0.570. The molecule has 6 nitrogen and oxygen atoms in total. The van der Waals surface area contributed by atoms with E-state index in [4.69, 9.17) is 4.42 Å². The number of anilines is 2. The Hall–Kier alpha value is -3.67. The Bertz CT molecular complexity index is 1020. The minimum absolute atomic E-state index is 0.0563. The van der Waals surface area contributed by atoms with Gasteiger partial charge in [0.05, 0.1) is 6.26 Å². The van der Waals surface area contributed by atoms with Crippen LogP contribution in [0.15, 0.2) is 65.3 Å². The molecule has 0 saturated heterocycles. The van der Waals surface area contributed by atoms with Crippen LogP contribution in [0.3, 0.4) is 0 Å². The first-order valence-electron chi connectivity index (χ1n) is 9.27. The second-order valence-corrected chi connectivity index (χ2v) is 6.78. The van der Waals surface area contributed by atoms with Crippen molar-refractivity contribution in [1.29, 1.82) is 0 Å². The number of benzene rings is 2. The van der Waals surface area contributed by atoms with Crippen LogP contribution in [-0.4, -0.2) is 17.6 Å². The van der Waals surface area contributed by atoms with Crippen LogP contribution in [0.25, 0.3) is 0 Å². The molecule has 0 aliphatic rings. The van der Waals surface area contributed by atoms with Gasteiger partial charge >= 0.3 is 0 Å². The number of carbonyl (C=O) groups excluding carboxylic acids is 3. The molecule has 0 fully saturated rings. The molecule has 0 aliphatic carbocycles. The molecule has 2 amide bonds. The van der Waals surface area contributed by atoms with Gasteiger partial charge in [0, 0.05) is 29.8 Å². The van der Waals surface area contributed by atoms with Gasteiger partial charge in [-0.3, -0.25) is 14.4 Å². The lowest BCUT2D eigenvalue weighted by atomic mass is 10.0. The first kappa shape index (κ1) is 20.1. The van der Waals surface area contributed by atoms with Crippen molar-refractivity contribution in [3.8, 4) is 0 Å². The van der Waals surface area contributed by atoms with Gasteiger partial charge < -0.3 is 15.1 Å². The minimum atomic E-state index is -0.350. The molecule has 148 valence electrons.